The highest BCUT2D eigenvalue weighted by molar-refractivity contribution is 5.73. The van der Waals surface area contributed by atoms with E-state index in [1.165, 1.54) is 12.1 Å². The molecule has 1 atom stereocenters. The largest absolute Gasteiger partial charge is 0.416 e. The van der Waals surface area contributed by atoms with Gasteiger partial charge in [0.1, 0.15) is 0 Å². The van der Waals surface area contributed by atoms with Gasteiger partial charge in [-0.25, -0.2) is 4.79 Å². The summed E-state index contributed by atoms with van der Waals surface area (Å²) >= 11 is 0. The lowest BCUT2D eigenvalue weighted by molar-refractivity contribution is -0.137. The van der Waals surface area contributed by atoms with E-state index < -0.39 is 11.7 Å². The molecule has 1 fully saturated rings. The van der Waals surface area contributed by atoms with Crippen LogP contribution in [-0.4, -0.2) is 25.7 Å². The molecule has 1 aliphatic rings. The topological polar surface area (TPSA) is 53.2 Å². The number of hydrogen-bond donors (Lipinski definition) is 3. The molecule has 0 aliphatic carbocycles. The fraction of sp³-hybridized carbons (Fsp3) is 0.533. The predicted molar refractivity (Wildman–Crippen MR) is 77.3 cm³/mol. The van der Waals surface area contributed by atoms with Gasteiger partial charge in [0.2, 0.25) is 0 Å². The quantitative estimate of drug-likeness (QED) is 0.800. The van der Waals surface area contributed by atoms with E-state index in [9.17, 15) is 18.0 Å². The van der Waals surface area contributed by atoms with Crippen LogP contribution in [-0.2, 0) is 12.7 Å². The molecule has 1 saturated heterocycles. The Kier molecular flexibility index (Phi) is 5.65. The summed E-state index contributed by atoms with van der Waals surface area (Å²) in [6.45, 7) is 2.73. The lowest BCUT2D eigenvalue weighted by Gasteiger charge is -2.22. The van der Waals surface area contributed by atoms with Crippen molar-refractivity contribution in [2.24, 2.45) is 5.92 Å². The maximum atomic E-state index is 12.4. The minimum absolute atomic E-state index is 0.201. The number of benzene rings is 1. The first-order valence-corrected chi connectivity index (χ1v) is 7.33. The van der Waals surface area contributed by atoms with E-state index in [0.29, 0.717) is 18.0 Å². The Labute approximate surface area is 127 Å². The lowest BCUT2D eigenvalue weighted by Crippen LogP contribution is -2.41. The average molecular weight is 315 g/mol. The zero-order valence-corrected chi connectivity index (χ0v) is 12.2. The minimum atomic E-state index is -4.34. The number of alkyl halides is 3. The van der Waals surface area contributed by atoms with Crippen molar-refractivity contribution in [3.05, 3.63) is 35.4 Å². The van der Waals surface area contributed by atoms with E-state index in [2.05, 4.69) is 16.0 Å². The first-order valence-electron chi connectivity index (χ1n) is 7.33. The SMILES string of the molecule is O=C(NCc1ccc(C(F)(F)F)cc1)NCC1CCCNC1. The van der Waals surface area contributed by atoms with Crippen LogP contribution in [0.5, 0.6) is 0 Å². The van der Waals surface area contributed by atoms with E-state index >= 15 is 0 Å². The van der Waals surface area contributed by atoms with Crippen LogP contribution >= 0.6 is 0 Å². The van der Waals surface area contributed by atoms with Crippen LogP contribution in [0.1, 0.15) is 24.0 Å². The number of halogens is 3. The number of piperidine rings is 1. The summed E-state index contributed by atoms with van der Waals surface area (Å²) in [5.41, 5.74) is -0.0621. The first kappa shape index (κ1) is 16.6. The van der Waals surface area contributed by atoms with Gasteiger partial charge in [-0.1, -0.05) is 12.1 Å². The molecule has 1 aromatic carbocycles. The van der Waals surface area contributed by atoms with Crippen molar-refractivity contribution in [2.75, 3.05) is 19.6 Å². The normalized spacial score (nSPS) is 18.8. The van der Waals surface area contributed by atoms with Crippen molar-refractivity contribution in [2.45, 2.75) is 25.6 Å². The molecule has 122 valence electrons. The molecule has 1 aliphatic heterocycles. The van der Waals surface area contributed by atoms with E-state index in [1.54, 1.807) is 0 Å². The number of rotatable bonds is 4. The van der Waals surface area contributed by atoms with Crippen LogP contribution in [0.15, 0.2) is 24.3 Å². The third kappa shape index (κ3) is 5.22. The third-order valence-corrected chi connectivity index (χ3v) is 3.68. The minimum Gasteiger partial charge on any atom is -0.338 e. The molecule has 1 heterocycles. The summed E-state index contributed by atoms with van der Waals surface area (Å²) in [5, 5.41) is 8.70. The van der Waals surface area contributed by atoms with E-state index in [4.69, 9.17) is 0 Å². The molecular formula is C15H20F3N3O. The Balaban J connectivity index is 1.71. The highest BCUT2D eigenvalue weighted by atomic mass is 19.4. The molecule has 3 N–H and O–H groups in total. The summed E-state index contributed by atoms with van der Waals surface area (Å²) < 4.78 is 37.3. The van der Waals surface area contributed by atoms with Crippen molar-refractivity contribution in [1.29, 1.82) is 0 Å². The number of urea groups is 1. The van der Waals surface area contributed by atoms with Crippen molar-refractivity contribution in [3.8, 4) is 0 Å². The number of carbonyl (C=O) groups is 1. The van der Waals surface area contributed by atoms with Crippen LogP contribution in [0.2, 0.25) is 0 Å². The van der Waals surface area contributed by atoms with E-state index in [1.807, 2.05) is 0 Å². The van der Waals surface area contributed by atoms with Crippen LogP contribution in [0.4, 0.5) is 18.0 Å². The summed E-state index contributed by atoms with van der Waals surface area (Å²) in [5.74, 6) is 0.436. The molecule has 4 nitrogen and oxygen atoms in total. The molecule has 0 radical (unpaired) electrons. The number of amides is 2. The Morgan fingerprint density at radius 2 is 1.95 bits per heavy atom. The second kappa shape index (κ2) is 7.49. The van der Waals surface area contributed by atoms with Crippen molar-refractivity contribution >= 4 is 6.03 Å². The maximum absolute atomic E-state index is 12.4. The Hall–Kier alpha value is -1.76. The second-order valence-corrected chi connectivity index (χ2v) is 5.47. The van der Waals surface area contributed by atoms with Crippen LogP contribution in [0.25, 0.3) is 0 Å². The Morgan fingerprint density at radius 3 is 2.55 bits per heavy atom. The second-order valence-electron chi connectivity index (χ2n) is 5.47. The fourth-order valence-electron chi connectivity index (χ4n) is 2.39. The Morgan fingerprint density at radius 1 is 1.23 bits per heavy atom. The molecule has 0 aromatic heterocycles. The predicted octanol–water partition coefficient (Wildman–Crippen LogP) is 2.50. The van der Waals surface area contributed by atoms with Gasteiger partial charge in [-0.05, 0) is 49.5 Å². The molecule has 1 unspecified atom stereocenters. The van der Waals surface area contributed by atoms with Crippen LogP contribution in [0.3, 0.4) is 0 Å². The van der Waals surface area contributed by atoms with Gasteiger partial charge in [-0.2, -0.15) is 13.2 Å². The maximum Gasteiger partial charge on any atom is 0.416 e. The molecule has 1 aromatic rings. The highest BCUT2D eigenvalue weighted by Gasteiger charge is 2.29. The van der Waals surface area contributed by atoms with Gasteiger partial charge in [-0.3, -0.25) is 0 Å². The van der Waals surface area contributed by atoms with Gasteiger partial charge in [0, 0.05) is 13.1 Å². The summed E-state index contributed by atoms with van der Waals surface area (Å²) in [7, 11) is 0. The third-order valence-electron chi connectivity index (χ3n) is 3.68. The van der Waals surface area contributed by atoms with Gasteiger partial charge < -0.3 is 16.0 Å². The molecular weight excluding hydrogens is 295 g/mol. The summed E-state index contributed by atoms with van der Waals surface area (Å²) in [6.07, 6.45) is -2.14. The molecule has 2 amide bonds. The number of hydrogen-bond acceptors (Lipinski definition) is 2. The molecule has 22 heavy (non-hydrogen) atoms. The molecule has 0 spiro atoms. The van der Waals surface area contributed by atoms with E-state index in [-0.39, 0.29) is 12.6 Å². The van der Waals surface area contributed by atoms with Gasteiger partial charge >= 0.3 is 12.2 Å². The Bertz CT molecular complexity index is 482. The van der Waals surface area contributed by atoms with Crippen LogP contribution in [0, 0.1) is 5.92 Å². The highest BCUT2D eigenvalue weighted by Crippen LogP contribution is 2.28. The fourth-order valence-corrected chi connectivity index (χ4v) is 2.39. The number of carbonyl (C=O) groups excluding carboxylic acids is 1. The van der Waals surface area contributed by atoms with E-state index in [0.717, 1.165) is 38.1 Å². The first-order chi connectivity index (χ1) is 10.4. The summed E-state index contributed by atoms with van der Waals surface area (Å²) in [4.78, 5) is 11.7. The standard InChI is InChI=1S/C15H20F3N3O/c16-15(17,18)13-5-3-11(4-6-13)9-20-14(22)21-10-12-2-1-7-19-8-12/h3-6,12,19H,1-2,7-10H2,(H2,20,21,22). The zero-order chi connectivity index (χ0) is 16.0. The zero-order valence-electron chi connectivity index (χ0n) is 12.2. The van der Waals surface area contributed by atoms with Crippen LogP contribution < -0.4 is 16.0 Å². The van der Waals surface area contributed by atoms with Crippen molar-refractivity contribution in [3.63, 3.8) is 0 Å². The monoisotopic (exact) mass is 315 g/mol. The van der Waals surface area contributed by atoms with Crippen molar-refractivity contribution in [1.82, 2.24) is 16.0 Å². The van der Waals surface area contributed by atoms with Gasteiger partial charge in [0.05, 0.1) is 5.56 Å². The molecule has 0 bridgehead atoms. The number of nitrogens with one attached hydrogen (secondary N) is 3. The molecule has 7 heteroatoms. The lowest BCUT2D eigenvalue weighted by atomic mass is 10.00. The van der Waals surface area contributed by atoms with Gasteiger partial charge in [-0.15, -0.1) is 0 Å². The van der Waals surface area contributed by atoms with Gasteiger partial charge in [0.15, 0.2) is 0 Å². The molecule has 0 saturated carbocycles. The smallest absolute Gasteiger partial charge is 0.338 e. The van der Waals surface area contributed by atoms with Crippen molar-refractivity contribution < 1.29 is 18.0 Å². The summed E-state index contributed by atoms with van der Waals surface area (Å²) in [6, 6.07) is 4.47. The molecule has 2 rings (SSSR count). The average Bonchev–Trinajstić information content (AvgIpc) is 2.51. The van der Waals surface area contributed by atoms with Gasteiger partial charge in [0.25, 0.3) is 0 Å².